The molecular weight excluding hydrogens is 402 g/mol. The molecule has 0 spiro atoms. The first kappa shape index (κ1) is 16.5. The number of nitrogens with zero attached hydrogens (tertiary/aromatic N) is 1. The van der Waals surface area contributed by atoms with E-state index in [1.807, 2.05) is 19.2 Å². The van der Waals surface area contributed by atoms with Crippen LogP contribution >= 0.6 is 43.2 Å². The number of rotatable bonds is 4. The molecule has 0 aliphatic rings. The monoisotopic (exact) mass is 415 g/mol. The zero-order valence-corrected chi connectivity index (χ0v) is 14.8. The molecule has 0 aliphatic carbocycles. The van der Waals surface area contributed by atoms with E-state index >= 15 is 0 Å². The molecule has 1 aromatic rings. The largest absolute Gasteiger partial charge is 0.320 e. The molecule has 1 amide bonds. The maximum Gasteiger partial charge on any atom is 0.269 e. The van der Waals surface area contributed by atoms with E-state index < -0.39 is 16.9 Å². The Morgan fingerprint density at radius 1 is 1.56 bits per heavy atom. The van der Waals surface area contributed by atoms with E-state index in [-0.39, 0.29) is 5.91 Å². The smallest absolute Gasteiger partial charge is 0.269 e. The van der Waals surface area contributed by atoms with E-state index in [1.54, 1.807) is 0 Å². The molecule has 4 nitrogen and oxygen atoms in total. The topological polar surface area (TPSA) is 81.5 Å². The fourth-order valence-corrected chi connectivity index (χ4v) is 4.95. The van der Waals surface area contributed by atoms with E-state index in [0.717, 1.165) is 13.2 Å². The average molecular weight is 417 g/mol. The van der Waals surface area contributed by atoms with E-state index in [2.05, 4.69) is 36.2 Å². The summed E-state index contributed by atoms with van der Waals surface area (Å²) in [7, 11) is -0.953. The van der Waals surface area contributed by atoms with E-state index in [9.17, 15) is 4.79 Å². The van der Waals surface area contributed by atoms with Crippen LogP contribution in [0, 0.1) is 5.92 Å². The maximum absolute atomic E-state index is 11.8. The van der Waals surface area contributed by atoms with E-state index in [1.165, 1.54) is 11.3 Å². The molecule has 18 heavy (non-hydrogen) atoms. The lowest BCUT2D eigenvalue weighted by Crippen LogP contribution is -2.31. The van der Waals surface area contributed by atoms with Gasteiger partial charge in [-0.1, -0.05) is 13.8 Å². The number of hydrogen-bond acceptors (Lipinski definition) is 3. The number of carbonyl (C=O) groups is 1. The van der Waals surface area contributed by atoms with Crippen molar-refractivity contribution in [2.45, 2.75) is 30.5 Å². The molecule has 0 fully saturated rings. The zero-order valence-electron chi connectivity index (χ0n) is 10.0. The lowest BCUT2D eigenvalue weighted by Gasteiger charge is -2.10. The Bertz CT molecular complexity index is 474. The predicted octanol–water partition coefficient (Wildman–Crippen LogP) is 3.21. The molecule has 1 rings (SSSR count). The van der Waals surface area contributed by atoms with Gasteiger partial charge in [0.2, 0.25) is 0 Å². The van der Waals surface area contributed by atoms with Gasteiger partial charge in [-0.3, -0.25) is 9.93 Å². The lowest BCUT2D eigenvalue weighted by molar-refractivity contribution is -0.119. The van der Waals surface area contributed by atoms with Crippen molar-refractivity contribution < 1.29 is 4.79 Å². The van der Waals surface area contributed by atoms with Gasteiger partial charge in [0, 0.05) is 20.7 Å². The zero-order chi connectivity index (χ0) is 13.9. The van der Waals surface area contributed by atoms with Crippen LogP contribution in [0.1, 0.15) is 20.3 Å². The summed E-state index contributed by atoms with van der Waals surface area (Å²) < 4.78 is 6.59. The molecular formula is C10H15Br2N3OS2. The minimum atomic E-state index is -0.953. The molecule has 1 aromatic heterocycles. The summed E-state index contributed by atoms with van der Waals surface area (Å²) in [4.78, 5) is 11.8. The molecule has 1 heterocycles. The van der Waals surface area contributed by atoms with Crippen molar-refractivity contribution >= 4 is 60.0 Å². The fraction of sp³-hybridized carbons (Fsp3) is 0.500. The standard InChI is InChI=1S/C10H15Br2N3OS2/c1-5(2)3-7(13)9(16)15-18(14)10-8(12)6(11)4-17-10/h4-5,7H,3,13H2,1-2H3,(H2,14,15,16)/t7-,18-/m0/s1. The van der Waals surface area contributed by atoms with Crippen LogP contribution in [0.3, 0.4) is 0 Å². The van der Waals surface area contributed by atoms with Crippen molar-refractivity contribution in [1.82, 2.24) is 0 Å². The van der Waals surface area contributed by atoms with Gasteiger partial charge in [-0.15, -0.1) is 11.3 Å². The molecule has 0 aliphatic heterocycles. The van der Waals surface area contributed by atoms with Crippen LogP contribution in [0.4, 0.5) is 0 Å². The normalized spacial score (nSPS) is 15.1. The van der Waals surface area contributed by atoms with E-state index in [4.69, 9.17) is 10.9 Å². The van der Waals surface area contributed by atoms with Crippen LogP contribution in [0.2, 0.25) is 0 Å². The SMILES string of the molecule is CC(C)C[C@H](N)C(=O)N=[S@](N)c1scc(Br)c1Br. The second-order valence-electron chi connectivity index (χ2n) is 4.17. The molecule has 0 unspecified atom stereocenters. The van der Waals surface area contributed by atoms with Crippen molar-refractivity contribution in [1.29, 1.82) is 0 Å². The third-order valence-corrected chi connectivity index (χ3v) is 7.42. The lowest BCUT2D eigenvalue weighted by atomic mass is 10.0. The molecule has 0 radical (unpaired) electrons. The number of nitrogens with two attached hydrogens (primary N) is 2. The van der Waals surface area contributed by atoms with Gasteiger partial charge >= 0.3 is 0 Å². The van der Waals surface area contributed by atoms with Gasteiger partial charge in [0.15, 0.2) is 0 Å². The highest BCUT2D eigenvalue weighted by atomic mass is 79.9. The third-order valence-electron chi connectivity index (χ3n) is 2.08. The van der Waals surface area contributed by atoms with Gasteiger partial charge in [0.05, 0.1) is 10.5 Å². The van der Waals surface area contributed by atoms with Gasteiger partial charge in [-0.2, -0.15) is 4.36 Å². The van der Waals surface area contributed by atoms with Gasteiger partial charge in [0.1, 0.15) is 4.21 Å². The Balaban J connectivity index is 2.83. The Kier molecular flexibility index (Phi) is 6.63. The van der Waals surface area contributed by atoms with Crippen LogP contribution in [0.25, 0.3) is 0 Å². The van der Waals surface area contributed by atoms with Gasteiger partial charge in [-0.05, 0) is 44.2 Å². The Labute approximate surface area is 130 Å². The van der Waals surface area contributed by atoms with Crippen LogP contribution in [0.5, 0.6) is 0 Å². The molecule has 2 atom stereocenters. The molecule has 4 N–H and O–H groups in total. The second-order valence-corrected chi connectivity index (χ2v) is 8.17. The minimum Gasteiger partial charge on any atom is -0.320 e. The summed E-state index contributed by atoms with van der Waals surface area (Å²) in [6, 6.07) is -0.564. The van der Waals surface area contributed by atoms with Crippen LogP contribution in [0.15, 0.2) is 22.9 Å². The summed E-state index contributed by atoms with van der Waals surface area (Å²) in [5.41, 5.74) is 5.78. The number of hydrogen-bond donors (Lipinski definition) is 2. The first-order valence-electron chi connectivity index (χ1n) is 5.25. The Morgan fingerprint density at radius 2 is 2.17 bits per heavy atom. The van der Waals surface area contributed by atoms with Crippen molar-refractivity contribution in [3.63, 3.8) is 0 Å². The highest BCUT2D eigenvalue weighted by Crippen LogP contribution is 2.34. The number of carbonyl (C=O) groups excluding carboxylic acids is 1. The summed E-state index contributed by atoms with van der Waals surface area (Å²) in [6.07, 6.45) is 0.620. The third kappa shape index (κ3) is 4.50. The summed E-state index contributed by atoms with van der Waals surface area (Å²) >= 11 is 8.24. The van der Waals surface area contributed by atoms with Gasteiger partial charge < -0.3 is 5.73 Å². The number of amides is 1. The van der Waals surface area contributed by atoms with Crippen molar-refractivity contribution in [3.05, 3.63) is 14.3 Å². The quantitative estimate of drug-likeness (QED) is 0.790. The molecule has 0 saturated heterocycles. The van der Waals surface area contributed by atoms with Gasteiger partial charge in [0.25, 0.3) is 5.91 Å². The van der Waals surface area contributed by atoms with Gasteiger partial charge in [-0.25, -0.2) is 0 Å². The van der Waals surface area contributed by atoms with Crippen molar-refractivity contribution in [2.24, 2.45) is 21.2 Å². The minimum absolute atomic E-state index is 0.328. The van der Waals surface area contributed by atoms with Crippen molar-refractivity contribution in [3.8, 4) is 0 Å². The molecule has 8 heteroatoms. The molecule has 0 bridgehead atoms. The Hall–Kier alpha value is 0.400. The predicted molar refractivity (Wildman–Crippen MR) is 84.4 cm³/mol. The molecule has 0 saturated carbocycles. The molecule has 0 aromatic carbocycles. The molecule has 102 valence electrons. The maximum atomic E-state index is 11.8. The summed E-state index contributed by atoms with van der Waals surface area (Å²) in [5, 5.41) is 7.83. The fourth-order valence-electron chi connectivity index (χ4n) is 1.26. The highest BCUT2D eigenvalue weighted by Gasteiger charge is 2.16. The van der Waals surface area contributed by atoms with E-state index in [0.29, 0.717) is 12.3 Å². The summed E-state index contributed by atoms with van der Waals surface area (Å²) in [6.45, 7) is 4.03. The van der Waals surface area contributed by atoms with Crippen LogP contribution < -0.4 is 10.9 Å². The van der Waals surface area contributed by atoms with Crippen molar-refractivity contribution in [2.75, 3.05) is 0 Å². The Morgan fingerprint density at radius 3 is 2.61 bits per heavy atom. The number of thiophene rings is 1. The number of halogens is 2. The highest BCUT2D eigenvalue weighted by molar-refractivity contribution is 9.13. The second kappa shape index (κ2) is 7.25. The van der Waals surface area contributed by atoms with Crippen LogP contribution in [-0.2, 0) is 15.7 Å². The average Bonchev–Trinajstić information content (AvgIpc) is 2.58. The first-order valence-corrected chi connectivity index (χ1v) is 8.96. The van der Waals surface area contributed by atoms with Crippen LogP contribution in [-0.4, -0.2) is 11.9 Å². The first-order chi connectivity index (χ1) is 8.32. The summed E-state index contributed by atoms with van der Waals surface area (Å²) in [5.74, 6) is 0.0345.